The SMILES string of the molecule is Nc1nc(S)nc(O)c1/N=C/c1cccs1. The number of aromatic hydroxyl groups is 1. The van der Waals surface area contributed by atoms with Crippen molar-refractivity contribution in [1.29, 1.82) is 0 Å². The summed E-state index contributed by atoms with van der Waals surface area (Å²) < 4.78 is 0. The van der Waals surface area contributed by atoms with Gasteiger partial charge in [-0.25, -0.2) is 9.98 Å². The molecule has 0 aliphatic carbocycles. The molecule has 0 aliphatic rings. The third-order valence-corrected chi connectivity index (χ3v) is 2.75. The van der Waals surface area contributed by atoms with Crippen LogP contribution in [0.1, 0.15) is 4.88 Å². The Kier molecular flexibility index (Phi) is 3.07. The number of thiophene rings is 1. The van der Waals surface area contributed by atoms with E-state index in [1.807, 2.05) is 17.5 Å². The summed E-state index contributed by atoms with van der Waals surface area (Å²) in [7, 11) is 0. The summed E-state index contributed by atoms with van der Waals surface area (Å²) in [5.74, 6) is -0.171. The lowest BCUT2D eigenvalue weighted by Gasteiger charge is -2.01. The van der Waals surface area contributed by atoms with Crippen molar-refractivity contribution in [3.8, 4) is 5.88 Å². The van der Waals surface area contributed by atoms with Crippen LogP contribution in [0.5, 0.6) is 5.88 Å². The molecule has 3 N–H and O–H groups in total. The number of aromatic nitrogens is 2. The lowest BCUT2D eigenvalue weighted by atomic mass is 10.4. The lowest BCUT2D eigenvalue weighted by Crippen LogP contribution is -1.94. The highest BCUT2D eigenvalue weighted by molar-refractivity contribution is 7.80. The van der Waals surface area contributed by atoms with Crippen LogP contribution in [0.25, 0.3) is 0 Å². The minimum atomic E-state index is -0.273. The highest BCUT2D eigenvalue weighted by atomic mass is 32.1. The van der Waals surface area contributed by atoms with Gasteiger partial charge in [0.15, 0.2) is 16.7 Å². The van der Waals surface area contributed by atoms with Gasteiger partial charge in [0.25, 0.3) is 0 Å². The summed E-state index contributed by atoms with van der Waals surface area (Å²) in [5.41, 5.74) is 5.75. The first-order chi connectivity index (χ1) is 7.66. The molecule has 0 bridgehead atoms. The van der Waals surface area contributed by atoms with E-state index < -0.39 is 0 Å². The number of thiol groups is 1. The minimum absolute atomic E-state index is 0.102. The fourth-order valence-corrected chi connectivity index (χ4v) is 1.85. The van der Waals surface area contributed by atoms with Crippen molar-refractivity contribution in [1.82, 2.24) is 9.97 Å². The molecule has 16 heavy (non-hydrogen) atoms. The summed E-state index contributed by atoms with van der Waals surface area (Å²) in [6.07, 6.45) is 1.59. The van der Waals surface area contributed by atoms with Crippen molar-refractivity contribution in [3.63, 3.8) is 0 Å². The fraction of sp³-hybridized carbons (Fsp3) is 0. The molecule has 0 spiro atoms. The Hall–Kier alpha value is -1.60. The number of nitrogens with two attached hydrogens (primary N) is 1. The number of hydrogen-bond acceptors (Lipinski definition) is 7. The standard InChI is InChI=1S/C9H8N4OS2/c10-7-6(8(14)13-9(15)12-7)11-4-5-2-1-3-16-5/h1-4H,(H4,10,12,13,14,15)/b11-4+. The Morgan fingerprint density at radius 1 is 1.50 bits per heavy atom. The van der Waals surface area contributed by atoms with Gasteiger partial charge in [0, 0.05) is 11.1 Å². The van der Waals surface area contributed by atoms with Gasteiger partial charge in [-0.1, -0.05) is 6.07 Å². The molecule has 2 rings (SSSR count). The average molecular weight is 252 g/mol. The topological polar surface area (TPSA) is 84.4 Å². The van der Waals surface area contributed by atoms with Crippen molar-refractivity contribution in [3.05, 3.63) is 22.4 Å². The largest absolute Gasteiger partial charge is 0.492 e. The number of rotatable bonds is 2. The maximum absolute atomic E-state index is 9.51. The predicted octanol–water partition coefficient (Wildman–Crippen LogP) is 1.87. The number of anilines is 1. The zero-order chi connectivity index (χ0) is 11.5. The van der Waals surface area contributed by atoms with E-state index in [0.29, 0.717) is 0 Å². The number of nitrogen functional groups attached to an aromatic ring is 1. The molecule has 0 saturated carbocycles. The molecule has 0 radical (unpaired) electrons. The number of hydrogen-bond donors (Lipinski definition) is 3. The third kappa shape index (κ3) is 2.31. The van der Waals surface area contributed by atoms with Gasteiger partial charge in [-0.3, -0.25) is 0 Å². The summed E-state index contributed by atoms with van der Waals surface area (Å²) in [5, 5.41) is 11.6. The van der Waals surface area contributed by atoms with Gasteiger partial charge in [0.1, 0.15) is 0 Å². The minimum Gasteiger partial charge on any atom is -0.492 e. The Morgan fingerprint density at radius 2 is 2.31 bits per heavy atom. The zero-order valence-electron chi connectivity index (χ0n) is 8.03. The fourth-order valence-electron chi connectivity index (χ4n) is 1.06. The van der Waals surface area contributed by atoms with E-state index in [1.165, 1.54) is 11.3 Å². The second kappa shape index (κ2) is 4.50. The van der Waals surface area contributed by atoms with Crippen LogP contribution in [0.4, 0.5) is 11.5 Å². The van der Waals surface area contributed by atoms with Crippen molar-refractivity contribution >= 4 is 41.7 Å². The second-order valence-electron chi connectivity index (χ2n) is 2.85. The highest BCUT2D eigenvalue weighted by Crippen LogP contribution is 2.30. The highest BCUT2D eigenvalue weighted by Gasteiger charge is 2.08. The smallest absolute Gasteiger partial charge is 0.243 e. The van der Waals surface area contributed by atoms with Gasteiger partial charge < -0.3 is 10.8 Å². The van der Waals surface area contributed by atoms with E-state index in [-0.39, 0.29) is 22.5 Å². The van der Waals surface area contributed by atoms with Crippen LogP contribution >= 0.6 is 24.0 Å². The Labute approximate surface area is 101 Å². The molecule has 2 aromatic rings. The van der Waals surface area contributed by atoms with Crippen molar-refractivity contribution in [2.45, 2.75) is 5.16 Å². The van der Waals surface area contributed by atoms with Crippen molar-refractivity contribution < 1.29 is 5.11 Å². The molecule has 0 amide bonds. The molecule has 0 aliphatic heterocycles. The van der Waals surface area contributed by atoms with Crippen LogP contribution in [-0.2, 0) is 0 Å². The van der Waals surface area contributed by atoms with Gasteiger partial charge in [0.2, 0.25) is 5.88 Å². The molecular weight excluding hydrogens is 244 g/mol. The Morgan fingerprint density at radius 3 is 2.94 bits per heavy atom. The van der Waals surface area contributed by atoms with Gasteiger partial charge in [-0.05, 0) is 11.4 Å². The van der Waals surface area contributed by atoms with Gasteiger partial charge in [-0.2, -0.15) is 4.98 Å². The maximum Gasteiger partial charge on any atom is 0.243 e. The van der Waals surface area contributed by atoms with E-state index >= 15 is 0 Å². The maximum atomic E-state index is 9.51. The average Bonchev–Trinajstić information content (AvgIpc) is 2.68. The molecule has 7 heteroatoms. The van der Waals surface area contributed by atoms with Crippen LogP contribution in [0.2, 0.25) is 0 Å². The van der Waals surface area contributed by atoms with E-state index in [9.17, 15) is 5.11 Å². The summed E-state index contributed by atoms with van der Waals surface area (Å²) in [6, 6.07) is 3.80. The molecule has 82 valence electrons. The normalized spacial score (nSPS) is 11.1. The van der Waals surface area contributed by atoms with Crippen LogP contribution in [0.3, 0.4) is 0 Å². The molecular formula is C9H8N4OS2. The lowest BCUT2D eigenvalue weighted by molar-refractivity contribution is 0.448. The van der Waals surface area contributed by atoms with Crippen LogP contribution in [-0.4, -0.2) is 21.3 Å². The molecule has 0 fully saturated rings. The van der Waals surface area contributed by atoms with Gasteiger partial charge in [-0.15, -0.1) is 24.0 Å². The zero-order valence-corrected chi connectivity index (χ0v) is 9.74. The van der Waals surface area contributed by atoms with Gasteiger partial charge in [0.05, 0.1) is 0 Å². The predicted molar refractivity (Wildman–Crippen MR) is 66.9 cm³/mol. The van der Waals surface area contributed by atoms with Crippen LogP contribution in [0, 0.1) is 0 Å². The van der Waals surface area contributed by atoms with E-state index in [4.69, 9.17) is 5.73 Å². The number of nitrogens with zero attached hydrogens (tertiary/aromatic N) is 3. The van der Waals surface area contributed by atoms with E-state index in [2.05, 4.69) is 27.6 Å². The summed E-state index contributed by atoms with van der Waals surface area (Å²) in [6.45, 7) is 0. The molecule has 2 heterocycles. The van der Waals surface area contributed by atoms with Crippen LogP contribution in [0.15, 0.2) is 27.7 Å². The van der Waals surface area contributed by atoms with Crippen molar-refractivity contribution in [2.75, 3.05) is 5.73 Å². The molecule has 0 atom stereocenters. The molecule has 0 saturated heterocycles. The van der Waals surface area contributed by atoms with E-state index in [0.717, 1.165) is 4.88 Å². The Balaban J connectivity index is 2.35. The first kappa shape index (κ1) is 10.9. The Bertz CT molecular complexity index is 501. The first-order valence-corrected chi connectivity index (χ1v) is 5.62. The molecule has 5 nitrogen and oxygen atoms in total. The second-order valence-corrected chi connectivity index (χ2v) is 4.23. The first-order valence-electron chi connectivity index (χ1n) is 4.30. The quantitative estimate of drug-likeness (QED) is 0.433. The van der Waals surface area contributed by atoms with Crippen molar-refractivity contribution in [2.24, 2.45) is 4.99 Å². The van der Waals surface area contributed by atoms with Crippen LogP contribution < -0.4 is 5.73 Å². The summed E-state index contributed by atoms with van der Waals surface area (Å²) in [4.78, 5) is 12.4. The molecule has 0 unspecified atom stereocenters. The monoisotopic (exact) mass is 252 g/mol. The molecule has 0 aromatic carbocycles. The summed E-state index contributed by atoms with van der Waals surface area (Å²) >= 11 is 5.42. The van der Waals surface area contributed by atoms with Gasteiger partial charge >= 0.3 is 0 Å². The third-order valence-electron chi connectivity index (χ3n) is 1.74. The number of aliphatic imine (C=N–C) groups is 1. The van der Waals surface area contributed by atoms with E-state index in [1.54, 1.807) is 6.21 Å². The molecule has 2 aromatic heterocycles.